The molecule has 0 aromatic heterocycles. The highest BCUT2D eigenvalue weighted by atomic mass is 79.9. The van der Waals surface area contributed by atoms with Gasteiger partial charge in [0.25, 0.3) is 0 Å². The van der Waals surface area contributed by atoms with Crippen molar-refractivity contribution < 1.29 is 14.2 Å². The lowest BCUT2D eigenvalue weighted by Crippen LogP contribution is -2.06. The van der Waals surface area contributed by atoms with Crippen molar-refractivity contribution in [3.05, 3.63) is 22.7 Å². The van der Waals surface area contributed by atoms with Gasteiger partial charge in [0.05, 0.1) is 10.6 Å². The van der Waals surface area contributed by atoms with Gasteiger partial charge in [0.15, 0.2) is 6.79 Å². The Hall–Kier alpha value is -0.740. The molecule has 1 aromatic carbocycles. The van der Waals surface area contributed by atoms with Crippen LogP contribution in [0, 0.1) is 0 Å². The lowest BCUT2D eigenvalue weighted by Gasteiger charge is -2.12. The van der Waals surface area contributed by atoms with Crippen molar-refractivity contribution in [1.82, 2.24) is 0 Å². The highest BCUT2D eigenvalue weighted by Crippen LogP contribution is 2.29. The lowest BCUT2D eigenvalue weighted by molar-refractivity contribution is 0.0503. The molecule has 0 unspecified atom stereocenters. The van der Waals surface area contributed by atoms with Crippen molar-refractivity contribution in [3.8, 4) is 11.5 Å². The van der Waals surface area contributed by atoms with Gasteiger partial charge in [-0.1, -0.05) is 0 Å². The molecule has 0 spiro atoms. The molecule has 0 amide bonds. The summed E-state index contributed by atoms with van der Waals surface area (Å²) in [6.45, 7) is 4.19. The van der Waals surface area contributed by atoms with Crippen LogP contribution in [0.25, 0.3) is 0 Å². The van der Waals surface area contributed by atoms with E-state index in [0.29, 0.717) is 0 Å². The van der Waals surface area contributed by atoms with Gasteiger partial charge in [-0.2, -0.15) is 0 Å². The van der Waals surface area contributed by atoms with Gasteiger partial charge in [0.2, 0.25) is 0 Å². The molecule has 0 aliphatic rings. The maximum absolute atomic E-state index is 5.55. The third-order valence-corrected chi connectivity index (χ3v) is 2.26. The molecule has 0 saturated heterocycles. The number of benzene rings is 1. The van der Waals surface area contributed by atoms with Gasteiger partial charge >= 0.3 is 0 Å². The summed E-state index contributed by atoms with van der Waals surface area (Å²) in [5, 5.41) is 0. The minimum Gasteiger partial charge on any atom is -0.491 e. The van der Waals surface area contributed by atoms with Crippen molar-refractivity contribution in [1.29, 1.82) is 0 Å². The summed E-state index contributed by atoms with van der Waals surface area (Å²) in [5.41, 5.74) is 0. The highest BCUT2D eigenvalue weighted by Gasteiger charge is 2.04. The molecule has 3 nitrogen and oxygen atoms in total. The number of methoxy groups -OCH3 is 1. The summed E-state index contributed by atoms with van der Waals surface area (Å²) in [7, 11) is 1.59. The fraction of sp³-hybridized carbons (Fsp3) is 0.455. The molecule has 0 atom stereocenters. The lowest BCUT2D eigenvalue weighted by atomic mass is 10.3. The Bertz CT molecular complexity index is 313. The Morgan fingerprint density at radius 2 is 2.07 bits per heavy atom. The number of ether oxygens (including phenoxy) is 3. The third-order valence-electron chi connectivity index (χ3n) is 1.61. The zero-order valence-electron chi connectivity index (χ0n) is 9.12. The molecular weight excluding hydrogens is 260 g/mol. The summed E-state index contributed by atoms with van der Waals surface area (Å²) in [6.07, 6.45) is 0.154. The normalized spacial score (nSPS) is 10.5. The Morgan fingerprint density at radius 3 is 2.67 bits per heavy atom. The molecule has 84 valence electrons. The number of hydrogen-bond donors (Lipinski definition) is 0. The van der Waals surface area contributed by atoms with Crippen LogP contribution in [-0.2, 0) is 4.74 Å². The molecule has 1 aromatic rings. The molecule has 0 saturated carbocycles. The van der Waals surface area contributed by atoms with Gasteiger partial charge in [0, 0.05) is 13.2 Å². The fourth-order valence-corrected chi connectivity index (χ4v) is 1.42. The summed E-state index contributed by atoms with van der Waals surface area (Å²) >= 11 is 3.39. The quantitative estimate of drug-likeness (QED) is 0.772. The summed E-state index contributed by atoms with van der Waals surface area (Å²) < 4.78 is 16.6. The molecule has 1 rings (SSSR count). The van der Waals surface area contributed by atoms with Crippen molar-refractivity contribution in [3.63, 3.8) is 0 Å². The summed E-state index contributed by atoms with van der Waals surface area (Å²) in [6, 6.07) is 5.62. The molecule has 0 radical (unpaired) electrons. The molecule has 0 heterocycles. The third kappa shape index (κ3) is 4.10. The van der Waals surface area contributed by atoms with Crippen molar-refractivity contribution in [2.75, 3.05) is 13.9 Å². The van der Waals surface area contributed by atoms with E-state index >= 15 is 0 Å². The average Bonchev–Trinajstić information content (AvgIpc) is 2.18. The first-order valence-corrected chi connectivity index (χ1v) is 5.50. The van der Waals surface area contributed by atoms with Gasteiger partial charge in [-0.3, -0.25) is 0 Å². The molecule has 0 bridgehead atoms. The molecule has 0 N–H and O–H groups in total. The molecule has 4 heteroatoms. The van der Waals surface area contributed by atoms with E-state index in [2.05, 4.69) is 15.9 Å². The van der Waals surface area contributed by atoms with Crippen LogP contribution in [0.5, 0.6) is 11.5 Å². The molecule has 0 aliphatic carbocycles. The fourth-order valence-electron chi connectivity index (χ4n) is 1.06. The van der Waals surface area contributed by atoms with Crippen LogP contribution in [-0.4, -0.2) is 20.0 Å². The van der Waals surface area contributed by atoms with Gasteiger partial charge in [-0.25, -0.2) is 0 Å². The second kappa shape index (κ2) is 5.98. The van der Waals surface area contributed by atoms with Crippen molar-refractivity contribution in [2.45, 2.75) is 20.0 Å². The maximum Gasteiger partial charge on any atom is 0.188 e. The number of hydrogen-bond acceptors (Lipinski definition) is 3. The first-order chi connectivity index (χ1) is 7.13. The van der Waals surface area contributed by atoms with E-state index in [1.807, 2.05) is 32.0 Å². The minimum atomic E-state index is 0.154. The molecule has 0 aliphatic heterocycles. The van der Waals surface area contributed by atoms with Crippen LogP contribution >= 0.6 is 15.9 Å². The van der Waals surface area contributed by atoms with Gasteiger partial charge in [0.1, 0.15) is 11.5 Å². The van der Waals surface area contributed by atoms with E-state index in [-0.39, 0.29) is 12.9 Å². The second-order valence-electron chi connectivity index (χ2n) is 3.31. The van der Waals surface area contributed by atoms with Crippen molar-refractivity contribution in [2.24, 2.45) is 0 Å². The van der Waals surface area contributed by atoms with Crippen LogP contribution < -0.4 is 9.47 Å². The van der Waals surface area contributed by atoms with E-state index in [0.717, 1.165) is 16.0 Å². The monoisotopic (exact) mass is 274 g/mol. The van der Waals surface area contributed by atoms with Crippen LogP contribution in [0.1, 0.15) is 13.8 Å². The van der Waals surface area contributed by atoms with E-state index in [1.54, 1.807) is 7.11 Å². The van der Waals surface area contributed by atoms with Crippen molar-refractivity contribution >= 4 is 15.9 Å². The average molecular weight is 275 g/mol. The maximum atomic E-state index is 5.55. The first-order valence-electron chi connectivity index (χ1n) is 4.71. The smallest absolute Gasteiger partial charge is 0.188 e. The van der Waals surface area contributed by atoms with Gasteiger partial charge < -0.3 is 14.2 Å². The number of halogens is 1. The number of rotatable bonds is 5. The Kier molecular flexibility index (Phi) is 4.91. The SMILES string of the molecule is COCOc1cc(OC(C)C)ccc1Br. The van der Waals surface area contributed by atoms with Crippen LogP contribution in [0.4, 0.5) is 0 Å². The topological polar surface area (TPSA) is 27.7 Å². The summed E-state index contributed by atoms with van der Waals surface area (Å²) in [5.74, 6) is 1.51. The van der Waals surface area contributed by atoms with E-state index in [4.69, 9.17) is 14.2 Å². The van der Waals surface area contributed by atoms with E-state index in [9.17, 15) is 0 Å². The predicted octanol–water partition coefficient (Wildman–Crippen LogP) is 3.22. The standard InChI is InChI=1S/C11H15BrO3/c1-8(2)15-9-4-5-10(12)11(6-9)14-7-13-3/h4-6,8H,7H2,1-3H3. The van der Waals surface area contributed by atoms with Crippen LogP contribution in [0.2, 0.25) is 0 Å². The Labute approximate surface area is 98.5 Å². The molecular formula is C11H15BrO3. The van der Waals surface area contributed by atoms with Crippen LogP contribution in [0.15, 0.2) is 22.7 Å². The van der Waals surface area contributed by atoms with Gasteiger partial charge in [-0.05, 0) is 41.9 Å². The summed E-state index contributed by atoms with van der Waals surface area (Å²) in [4.78, 5) is 0. The predicted molar refractivity (Wildman–Crippen MR) is 62.4 cm³/mol. The van der Waals surface area contributed by atoms with Crippen LogP contribution in [0.3, 0.4) is 0 Å². The van der Waals surface area contributed by atoms with E-state index in [1.165, 1.54) is 0 Å². The zero-order chi connectivity index (χ0) is 11.3. The Balaban J connectivity index is 2.75. The molecule has 15 heavy (non-hydrogen) atoms. The Morgan fingerprint density at radius 1 is 1.33 bits per heavy atom. The minimum absolute atomic E-state index is 0.154. The van der Waals surface area contributed by atoms with Gasteiger partial charge in [-0.15, -0.1) is 0 Å². The second-order valence-corrected chi connectivity index (χ2v) is 4.16. The first kappa shape index (κ1) is 12.3. The highest BCUT2D eigenvalue weighted by molar-refractivity contribution is 9.10. The largest absolute Gasteiger partial charge is 0.491 e. The molecule has 0 fully saturated rings. The zero-order valence-corrected chi connectivity index (χ0v) is 10.7. The van der Waals surface area contributed by atoms with E-state index < -0.39 is 0 Å².